The largest absolute Gasteiger partial charge is 0.497 e. The number of amides is 1. The summed E-state index contributed by atoms with van der Waals surface area (Å²) in [6.07, 6.45) is 1.46. The van der Waals surface area contributed by atoms with E-state index in [1.165, 1.54) is 26.4 Å². The Hall–Kier alpha value is -3.72. The van der Waals surface area contributed by atoms with Crippen LogP contribution < -0.4 is 23.8 Å². The molecular formula is C27H32N2O6S. The highest BCUT2D eigenvalue weighted by Crippen LogP contribution is 2.35. The summed E-state index contributed by atoms with van der Waals surface area (Å²) in [5.74, 6) is 1.11. The number of nitrogens with one attached hydrogen (secondary N) is 1. The molecule has 0 fully saturated rings. The first kappa shape index (κ1) is 26.9. The molecule has 9 heteroatoms. The van der Waals surface area contributed by atoms with E-state index in [0.717, 1.165) is 27.6 Å². The van der Waals surface area contributed by atoms with Gasteiger partial charge in [-0.3, -0.25) is 9.10 Å². The fraction of sp³-hybridized carbons (Fsp3) is 0.296. The second-order valence-electron chi connectivity index (χ2n) is 8.16. The summed E-state index contributed by atoms with van der Waals surface area (Å²) in [4.78, 5) is 13.0. The first-order chi connectivity index (χ1) is 17.3. The lowest BCUT2D eigenvalue weighted by atomic mass is 10.1. The van der Waals surface area contributed by atoms with Gasteiger partial charge in [-0.2, -0.15) is 0 Å². The molecule has 0 aliphatic rings. The lowest BCUT2D eigenvalue weighted by molar-refractivity contribution is -0.119. The van der Waals surface area contributed by atoms with Crippen LogP contribution in [0.15, 0.2) is 71.6 Å². The minimum absolute atomic E-state index is 0.0743. The van der Waals surface area contributed by atoms with Gasteiger partial charge in [0.05, 0.1) is 31.9 Å². The number of rotatable bonds is 12. The Morgan fingerprint density at radius 3 is 2.11 bits per heavy atom. The van der Waals surface area contributed by atoms with Crippen LogP contribution in [0.5, 0.6) is 17.2 Å². The molecule has 0 saturated heterocycles. The summed E-state index contributed by atoms with van der Waals surface area (Å²) in [5, 5.41) is 2.83. The first-order valence-corrected chi connectivity index (χ1v) is 12.9. The van der Waals surface area contributed by atoms with Crippen molar-refractivity contribution < 1.29 is 27.4 Å². The Morgan fingerprint density at radius 1 is 0.861 bits per heavy atom. The van der Waals surface area contributed by atoms with Gasteiger partial charge in [-0.1, -0.05) is 29.8 Å². The van der Waals surface area contributed by atoms with Crippen molar-refractivity contribution in [2.45, 2.75) is 24.7 Å². The minimum Gasteiger partial charge on any atom is -0.497 e. The van der Waals surface area contributed by atoms with Crippen molar-refractivity contribution >= 4 is 21.6 Å². The average molecular weight is 513 g/mol. The van der Waals surface area contributed by atoms with Gasteiger partial charge in [0.1, 0.15) is 23.8 Å². The molecule has 36 heavy (non-hydrogen) atoms. The van der Waals surface area contributed by atoms with E-state index in [2.05, 4.69) is 5.32 Å². The zero-order valence-corrected chi connectivity index (χ0v) is 21.8. The molecule has 192 valence electrons. The Kier molecular flexibility index (Phi) is 9.19. The van der Waals surface area contributed by atoms with E-state index < -0.39 is 22.5 Å². The molecule has 0 atom stereocenters. The molecule has 0 unspecified atom stereocenters. The third-order valence-electron chi connectivity index (χ3n) is 5.67. The lowest BCUT2D eigenvalue weighted by Gasteiger charge is -2.26. The standard InChI is InChI=1S/C27H32N2O6S/c1-20-7-14-24(15-8-20)36(31,32)29(25-18-23(34-3)13-16-26(25)35-4)19-27(30)28-17-5-6-21-9-11-22(33-2)12-10-21/h7-16,18H,5-6,17,19H2,1-4H3,(H,28,30). The topological polar surface area (TPSA) is 94.2 Å². The third kappa shape index (κ3) is 6.69. The van der Waals surface area contributed by atoms with E-state index >= 15 is 0 Å². The number of nitrogens with zero attached hydrogens (tertiary/aromatic N) is 1. The maximum atomic E-state index is 13.7. The lowest BCUT2D eigenvalue weighted by Crippen LogP contribution is -2.41. The molecule has 0 radical (unpaired) electrons. The van der Waals surface area contributed by atoms with Gasteiger partial charge in [0.25, 0.3) is 10.0 Å². The van der Waals surface area contributed by atoms with Gasteiger partial charge in [-0.15, -0.1) is 0 Å². The number of aryl methyl sites for hydroxylation is 2. The number of ether oxygens (including phenoxy) is 3. The highest BCUT2D eigenvalue weighted by molar-refractivity contribution is 7.92. The van der Waals surface area contributed by atoms with E-state index in [-0.39, 0.29) is 10.6 Å². The summed E-state index contributed by atoms with van der Waals surface area (Å²) in [6, 6.07) is 19.0. The number of carbonyl (C=O) groups excluding carboxylic acids is 1. The number of methoxy groups -OCH3 is 3. The van der Waals surface area contributed by atoms with Crippen molar-refractivity contribution in [2.24, 2.45) is 0 Å². The van der Waals surface area contributed by atoms with Crippen LogP contribution in [-0.4, -0.2) is 48.7 Å². The molecule has 0 saturated carbocycles. The van der Waals surface area contributed by atoms with Gasteiger partial charge in [0.2, 0.25) is 5.91 Å². The molecule has 3 aromatic rings. The summed E-state index contributed by atoms with van der Waals surface area (Å²) in [6.45, 7) is 1.86. The highest BCUT2D eigenvalue weighted by Gasteiger charge is 2.30. The summed E-state index contributed by atoms with van der Waals surface area (Å²) < 4.78 is 44.2. The third-order valence-corrected chi connectivity index (χ3v) is 7.45. The number of carbonyl (C=O) groups is 1. The molecule has 3 rings (SSSR count). The fourth-order valence-electron chi connectivity index (χ4n) is 3.63. The molecule has 0 aliphatic heterocycles. The molecule has 0 aliphatic carbocycles. The van der Waals surface area contributed by atoms with E-state index in [9.17, 15) is 13.2 Å². The van der Waals surface area contributed by atoms with Crippen LogP contribution in [0.2, 0.25) is 0 Å². The monoisotopic (exact) mass is 512 g/mol. The molecule has 1 N–H and O–H groups in total. The predicted octanol–water partition coefficient (Wildman–Crippen LogP) is 3.97. The molecule has 0 spiro atoms. The van der Waals surface area contributed by atoms with Crippen molar-refractivity contribution in [1.82, 2.24) is 5.32 Å². The van der Waals surface area contributed by atoms with Crippen LogP contribution in [0.1, 0.15) is 17.5 Å². The SMILES string of the molecule is COc1ccc(CCCNC(=O)CN(c2cc(OC)ccc2OC)S(=O)(=O)c2ccc(C)cc2)cc1. The number of hydrogen-bond donors (Lipinski definition) is 1. The Morgan fingerprint density at radius 2 is 1.50 bits per heavy atom. The van der Waals surface area contributed by atoms with Crippen molar-refractivity contribution in [3.05, 3.63) is 77.9 Å². The predicted molar refractivity (Wildman–Crippen MR) is 140 cm³/mol. The normalized spacial score (nSPS) is 11.0. The van der Waals surface area contributed by atoms with Gasteiger partial charge in [0, 0.05) is 12.6 Å². The zero-order valence-electron chi connectivity index (χ0n) is 21.0. The van der Waals surface area contributed by atoms with Crippen LogP contribution >= 0.6 is 0 Å². The average Bonchev–Trinajstić information content (AvgIpc) is 2.89. The first-order valence-electron chi connectivity index (χ1n) is 11.5. The van der Waals surface area contributed by atoms with Crippen LogP contribution in [0.25, 0.3) is 0 Å². The van der Waals surface area contributed by atoms with Crippen LogP contribution in [0.3, 0.4) is 0 Å². The van der Waals surface area contributed by atoms with Gasteiger partial charge in [0.15, 0.2) is 0 Å². The Balaban J connectivity index is 1.78. The quantitative estimate of drug-likeness (QED) is 0.369. The smallest absolute Gasteiger partial charge is 0.264 e. The molecule has 1 amide bonds. The molecule has 3 aromatic carbocycles. The van der Waals surface area contributed by atoms with Crippen molar-refractivity contribution in [2.75, 3.05) is 38.7 Å². The van der Waals surface area contributed by atoms with Crippen LogP contribution in [0, 0.1) is 6.92 Å². The number of anilines is 1. The molecule has 0 heterocycles. The minimum atomic E-state index is -4.08. The molecule has 8 nitrogen and oxygen atoms in total. The summed E-state index contributed by atoms with van der Waals surface area (Å²) in [7, 11) is 0.472. The molecule has 0 bridgehead atoms. The van der Waals surface area contributed by atoms with Crippen LogP contribution in [-0.2, 0) is 21.2 Å². The van der Waals surface area contributed by atoms with Crippen molar-refractivity contribution in [1.29, 1.82) is 0 Å². The highest BCUT2D eigenvalue weighted by atomic mass is 32.2. The number of sulfonamides is 1. The number of benzene rings is 3. The fourth-order valence-corrected chi connectivity index (χ4v) is 5.05. The Labute approximate surface area is 212 Å². The maximum absolute atomic E-state index is 13.7. The van der Waals surface area contributed by atoms with Crippen molar-refractivity contribution in [3.63, 3.8) is 0 Å². The van der Waals surface area contributed by atoms with Gasteiger partial charge in [-0.25, -0.2) is 8.42 Å². The van der Waals surface area contributed by atoms with Crippen LogP contribution in [0.4, 0.5) is 5.69 Å². The van der Waals surface area contributed by atoms with Crippen molar-refractivity contribution in [3.8, 4) is 17.2 Å². The zero-order chi connectivity index (χ0) is 26.1. The second-order valence-corrected chi connectivity index (χ2v) is 10.0. The molecular weight excluding hydrogens is 480 g/mol. The van der Waals surface area contributed by atoms with E-state index in [1.54, 1.807) is 37.4 Å². The Bertz CT molecular complexity index is 1260. The van der Waals surface area contributed by atoms with E-state index in [1.807, 2.05) is 31.2 Å². The van der Waals surface area contributed by atoms with Gasteiger partial charge < -0.3 is 19.5 Å². The second kappa shape index (κ2) is 12.3. The summed E-state index contributed by atoms with van der Waals surface area (Å²) in [5.41, 5.74) is 2.26. The van der Waals surface area contributed by atoms with Gasteiger partial charge >= 0.3 is 0 Å². The van der Waals surface area contributed by atoms with Gasteiger partial charge in [-0.05, 0) is 61.7 Å². The maximum Gasteiger partial charge on any atom is 0.264 e. The van der Waals surface area contributed by atoms with E-state index in [0.29, 0.717) is 24.5 Å². The molecule has 0 aromatic heterocycles. The van der Waals surface area contributed by atoms with E-state index in [4.69, 9.17) is 14.2 Å². The summed E-state index contributed by atoms with van der Waals surface area (Å²) >= 11 is 0. The number of hydrogen-bond acceptors (Lipinski definition) is 6.